The first-order valence-electron chi connectivity index (χ1n) is 8.02. The number of rotatable bonds is 3. The summed E-state index contributed by atoms with van der Waals surface area (Å²) >= 11 is 0. The van der Waals surface area contributed by atoms with Crippen molar-refractivity contribution >= 4 is 5.91 Å². The number of carbonyl (C=O) groups is 1. The summed E-state index contributed by atoms with van der Waals surface area (Å²) in [7, 11) is 0. The molecule has 2 aliphatic rings. The van der Waals surface area contributed by atoms with Gasteiger partial charge in [-0.1, -0.05) is 29.8 Å². The summed E-state index contributed by atoms with van der Waals surface area (Å²) in [6, 6.07) is 7.96. The van der Waals surface area contributed by atoms with E-state index in [0.29, 0.717) is 17.7 Å². The molecule has 0 saturated carbocycles. The van der Waals surface area contributed by atoms with Crippen molar-refractivity contribution in [3.63, 3.8) is 0 Å². The van der Waals surface area contributed by atoms with Gasteiger partial charge in [-0.05, 0) is 24.0 Å². The molecule has 1 N–H and O–H groups in total. The highest BCUT2D eigenvalue weighted by atomic mass is 16.2. The Kier molecular flexibility index (Phi) is 3.57. The van der Waals surface area contributed by atoms with Crippen LogP contribution in [-0.2, 0) is 11.3 Å². The molecule has 1 aromatic carbocycles. The Morgan fingerprint density at radius 2 is 1.91 bits per heavy atom. The fourth-order valence-electron chi connectivity index (χ4n) is 3.41. The van der Waals surface area contributed by atoms with Crippen molar-refractivity contribution in [1.82, 2.24) is 30.4 Å². The molecule has 120 valence electrons. The van der Waals surface area contributed by atoms with E-state index in [-0.39, 0.29) is 12.5 Å². The molecule has 4 rings (SSSR count). The molecule has 7 heteroatoms. The second kappa shape index (κ2) is 5.73. The largest absolute Gasteiger partial charge is 0.340 e. The van der Waals surface area contributed by atoms with Crippen LogP contribution in [0.2, 0.25) is 0 Å². The van der Waals surface area contributed by atoms with E-state index >= 15 is 0 Å². The highest BCUT2D eigenvalue weighted by Gasteiger charge is 2.38. The van der Waals surface area contributed by atoms with Gasteiger partial charge >= 0.3 is 0 Å². The first-order valence-corrected chi connectivity index (χ1v) is 8.02. The third-order valence-electron chi connectivity index (χ3n) is 4.78. The lowest BCUT2D eigenvalue weighted by Gasteiger charge is -2.16. The lowest BCUT2D eigenvalue weighted by molar-refractivity contribution is -0.131. The Balaban J connectivity index is 1.41. The molecule has 2 aromatic rings. The Morgan fingerprint density at radius 3 is 2.61 bits per heavy atom. The first-order chi connectivity index (χ1) is 11.2. The van der Waals surface area contributed by atoms with Crippen molar-refractivity contribution < 1.29 is 4.79 Å². The van der Waals surface area contributed by atoms with Crippen molar-refractivity contribution in [3.05, 3.63) is 29.8 Å². The van der Waals surface area contributed by atoms with Crippen molar-refractivity contribution in [3.8, 4) is 11.4 Å². The minimum absolute atomic E-state index is 0.0762. The van der Waals surface area contributed by atoms with Gasteiger partial charge in [-0.25, -0.2) is 0 Å². The van der Waals surface area contributed by atoms with Crippen LogP contribution in [0.1, 0.15) is 5.56 Å². The number of hydrogen-bond acceptors (Lipinski definition) is 5. The Hall–Kier alpha value is -2.28. The number of benzene rings is 1. The normalized spacial score (nSPS) is 23.3. The van der Waals surface area contributed by atoms with Gasteiger partial charge in [-0.2, -0.15) is 4.80 Å². The molecule has 7 nitrogen and oxygen atoms in total. The molecule has 2 saturated heterocycles. The number of tetrazole rings is 1. The number of amides is 1. The van der Waals surface area contributed by atoms with E-state index in [4.69, 9.17) is 0 Å². The van der Waals surface area contributed by atoms with Crippen LogP contribution in [0.3, 0.4) is 0 Å². The molecule has 0 radical (unpaired) electrons. The zero-order valence-electron chi connectivity index (χ0n) is 13.1. The van der Waals surface area contributed by atoms with Gasteiger partial charge in [-0.15, -0.1) is 10.2 Å². The summed E-state index contributed by atoms with van der Waals surface area (Å²) in [6.07, 6.45) is 0. The summed E-state index contributed by atoms with van der Waals surface area (Å²) in [4.78, 5) is 15.7. The van der Waals surface area contributed by atoms with Gasteiger partial charge in [0.05, 0.1) is 0 Å². The number of hydrogen-bond donors (Lipinski definition) is 1. The highest BCUT2D eigenvalue weighted by molar-refractivity contribution is 5.76. The van der Waals surface area contributed by atoms with E-state index in [1.807, 2.05) is 36.1 Å². The maximum Gasteiger partial charge on any atom is 0.246 e. The average molecular weight is 312 g/mol. The monoisotopic (exact) mass is 312 g/mol. The predicted octanol–water partition coefficient (Wildman–Crippen LogP) is 0.326. The number of fused-ring (bicyclic) bond motifs is 1. The first kappa shape index (κ1) is 14.3. The molecular weight excluding hydrogens is 292 g/mol. The van der Waals surface area contributed by atoms with Crippen molar-refractivity contribution in [2.75, 3.05) is 26.2 Å². The lowest BCUT2D eigenvalue weighted by Crippen LogP contribution is -2.34. The molecule has 3 heterocycles. The van der Waals surface area contributed by atoms with Crippen molar-refractivity contribution in [2.45, 2.75) is 13.5 Å². The van der Waals surface area contributed by atoms with E-state index < -0.39 is 0 Å². The smallest absolute Gasteiger partial charge is 0.246 e. The predicted molar refractivity (Wildman–Crippen MR) is 84.4 cm³/mol. The molecule has 0 aliphatic carbocycles. The van der Waals surface area contributed by atoms with E-state index in [0.717, 1.165) is 31.7 Å². The van der Waals surface area contributed by atoms with E-state index in [9.17, 15) is 4.79 Å². The lowest BCUT2D eigenvalue weighted by atomic mass is 10.0. The minimum Gasteiger partial charge on any atom is -0.340 e. The topological polar surface area (TPSA) is 75.9 Å². The molecule has 0 unspecified atom stereocenters. The third kappa shape index (κ3) is 2.84. The zero-order valence-corrected chi connectivity index (χ0v) is 13.1. The maximum atomic E-state index is 12.4. The van der Waals surface area contributed by atoms with Crippen LogP contribution in [0.25, 0.3) is 11.4 Å². The second-order valence-electron chi connectivity index (χ2n) is 6.49. The van der Waals surface area contributed by atoms with Gasteiger partial charge in [0, 0.05) is 31.7 Å². The Bertz CT molecular complexity index is 698. The highest BCUT2D eigenvalue weighted by Crippen LogP contribution is 2.26. The molecular formula is C16H20N6O. The number of nitrogens with one attached hydrogen (secondary N) is 1. The molecule has 2 fully saturated rings. The maximum absolute atomic E-state index is 12.4. The van der Waals surface area contributed by atoms with Crippen LogP contribution in [0.5, 0.6) is 0 Å². The average Bonchev–Trinajstić information content (AvgIpc) is 3.22. The molecule has 0 bridgehead atoms. The number of likely N-dealkylation sites (tertiary alicyclic amines) is 1. The Labute approximate surface area is 134 Å². The molecule has 1 amide bonds. The standard InChI is InChI=1S/C16H20N6O/c1-11-2-4-12(5-3-11)16-18-20-22(19-16)10-15(23)21-8-13-6-17-7-14(13)9-21/h2-5,13-14,17H,6-10H2,1H3/t13-,14+. The summed E-state index contributed by atoms with van der Waals surface area (Å²) in [6.45, 7) is 5.92. The summed E-state index contributed by atoms with van der Waals surface area (Å²) in [5, 5.41) is 15.8. The van der Waals surface area contributed by atoms with E-state index in [2.05, 4.69) is 20.7 Å². The second-order valence-corrected chi connectivity index (χ2v) is 6.49. The number of nitrogens with zero attached hydrogens (tertiary/aromatic N) is 5. The fourth-order valence-corrected chi connectivity index (χ4v) is 3.41. The van der Waals surface area contributed by atoms with Crippen molar-refractivity contribution in [1.29, 1.82) is 0 Å². The number of aromatic nitrogens is 4. The van der Waals surface area contributed by atoms with Gasteiger partial charge in [0.15, 0.2) is 0 Å². The number of carbonyl (C=O) groups excluding carboxylic acids is 1. The number of aryl methyl sites for hydroxylation is 1. The molecule has 2 aliphatic heterocycles. The van der Waals surface area contributed by atoms with Gasteiger partial charge in [0.2, 0.25) is 11.7 Å². The quantitative estimate of drug-likeness (QED) is 0.884. The van der Waals surface area contributed by atoms with Crippen LogP contribution in [0.15, 0.2) is 24.3 Å². The van der Waals surface area contributed by atoms with Crippen molar-refractivity contribution in [2.24, 2.45) is 11.8 Å². The van der Waals surface area contributed by atoms with Gasteiger partial charge < -0.3 is 10.2 Å². The molecule has 2 atom stereocenters. The molecule has 0 spiro atoms. The van der Waals surface area contributed by atoms with Crippen LogP contribution in [0, 0.1) is 18.8 Å². The van der Waals surface area contributed by atoms with Crippen LogP contribution in [0.4, 0.5) is 0 Å². The minimum atomic E-state index is 0.0762. The van der Waals surface area contributed by atoms with Crippen LogP contribution in [-0.4, -0.2) is 57.2 Å². The zero-order chi connectivity index (χ0) is 15.8. The van der Waals surface area contributed by atoms with Gasteiger partial charge in [-0.3, -0.25) is 4.79 Å². The fraction of sp³-hybridized carbons (Fsp3) is 0.500. The van der Waals surface area contributed by atoms with Crippen LogP contribution < -0.4 is 5.32 Å². The Morgan fingerprint density at radius 1 is 1.22 bits per heavy atom. The molecule has 23 heavy (non-hydrogen) atoms. The summed E-state index contributed by atoms with van der Waals surface area (Å²) in [5.74, 6) is 1.84. The summed E-state index contributed by atoms with van der Waals surface area (Å²) < 4.78 is 0. The summed E-state index contributed by atoms with van der Waals surface area (Å²) in [5.41, 5.74) is 2.10. The van der Waals surface area contributed by atoms with Gasteiger partial charge in [0.25, 0.3) is 0 Å². The SMILES string of the molecule is Cc1ccc(-c2nnn(CC(=O)N3C[C@H]4CNC[C@H]4C3)n2)cc1. The van der Waals surface area contributed by atoms with E-state index in [1.165, 1.54) is 10.4 Å². The third-order valence-corrected chi connectivity index (χ3v) is 4.78. The van der Waals surface area contributed by atoms with Crippen LogP contribution >= 0.6 is 0 Å². The van der Waals surface area contributed by atoms with Gasteiger partial charge in [0.1, 0.15) is 6.54 Å². The van der Waals surface area contributed by atoms with E-state index in [1.54, 1.807) is 0 Å². The molecule has 1 aromatic heterocycles.